The van der Waals surface area contributed by atoms with Crippen LogP contribution in [0.15, 0.2) is 47.2 Å². The Morgan fingerprint density at radius 2 is 1.82 bits per heavy atom. The van der Waals surface area contributed by atoms with Crippen molar-refractivity contribution in [1.82, 2.24) is 4.98 Å². The van der Waals surface area contributed by atoms with Gasteiger partial charge in [-0.25, -0.2) is 9.78 Å². The second-order valence-electron chi connectivity index (χ2n) is 6.29. The van der Waals surface area contributed by atoms with Gasteiger partial charge in [0, 0.05) is 18.3 Å². The number of pyridine rings is 1. The normalized spacial score (nSPS) is 25.9. The smallest absolute Gasteiger partial charge is 0.338 e. The zero-order valence-corrected chi connectivity index (χ0v) is 16.0. The number of rotatable bonds is 5. The van der Waals surface area contributed by atoms with Crippen LogP contribution in [0.4, 0.5) is 5.69 Å². The first kappa shape index (κ1) is 18.8. The van der Waals surface area contributed by atoms with E-state index in [1.54, 1.807) is 18.3 Å². The van der Waals surface area contributed by atoms with Crippen LogP contribution in [0.3, 0.4) is 0 Å². The second-order valence-corrected chi connectivity index (χ2v) is 7.04. The predicted octanol–water partition coefficient (Wildman–Crippen LogP) is 2.52. The summed E-state index contributed by atoms with van der Waals surface area (Å²) in [5.41, 5.74) is 0.126. The highest BCUT2D eigenvalue weighted by molar-refractivity contribution is 9.10. The van der Waals surface area contributed by atoms with Crippen LogP contribution in [0.1, 0.15) is 10.4 Å². The van der Waals surface area contributed by atoms with Crippen molar-refractivity contribution in [2.24, 2.45) is 0 Å². The third kappa shape index (κ3) is 3.71. The van der Waals surface area contributed by atoms with Gasteiger partial charge in [-0.05, 0) is 40.2 Å². The number of carbonyl (C=O) groups is 1. The molecule has 28 heavy (non-hydrogen) atoms. The molecule has 146 valence electrons. The van der Waals surface area contributed by atoms with Crippen LogP contribution in [0.2, 0.25) is 0 Å². The highest BCUT2D eigenvalue weighted by Crippen LogP contribution is 2.33. The maximum atomic E-state index is 12.3. The van der Waals surface area contributed by atoms with Crippen molar-refractivity contribution in [1.29, 1.82) is 0 Å². The van der Waals surface area contributed by atoms with Crippen molar-refractivity contribution < 1.29 is 28.7 Å². The minimum absolute atomic E-state index is 0.0958. The molecule has 9 nitrogen and oxygen atoms in total. The highest BCUT2D eigenvalue weighted by Gasteiger charge is 2.50. The first-order valence-corrected chi connectivity index (χ1v) is 9.28. The van der Waals surface area contributed by atoms with Gasteiger partial charge in [0.2, 0.25) is 0 Å². The summed E-state index contributed by atoms with van der Waals surface area (Å²) in [4.78, 5) is 26.6. The molecule has 0 bridgehead atoms. The van der Waals surface area contributed by atoms with Crippen molar-refractivity contribution in [3.63, 3.8) is 0 Å². The summed E-state index contributed by atoms with van der Waals surface area (Å²) < 4.78 is 23.5. The summed E-state index contributed by atoms with van der Waals surface area (Å²) in [7, 11) is 0. The molecule has 2 saturated heterocycles. The SMILES string of the molecule is O=C(O[C@H]1CO[C@H]2[C@@H]1OC[C@@H]2Oc1cccnc1Br)c1ccc([N+](=O)[O-])cc1. The number of aromatic nitrogens is 1. The third-order valence-electron chi connectivity index (χ3n) is 4.54. The molecule has 4 rings (SSSR count). The number of hydrogen-bond acceptors (Lipinski definition) is 8. The summed E-state index contributed by atoms with van der Waals surface area (Å²) in [5.74, 6) is -0.0150. The standard InChI is InChI=1S/C18H15BrN2O7/c19-17-12(2-1-7-20-17)27-13-8-25-16-14(9-26-15(13)16)28-18(22)10-3-5-11(6-4-10)21(23)24/h1-7,13-16H,8-9H2/t13-,14-,15+,16+/m0/s1. The Kier molecular flexibility index (Phi) is 5.25. The Morgan fingerprint density at radius 1 is 1.14 bits per heavy atom. The average Bonchev–Trinajstić information content (AvgIpc) is 3.27. The van der Waals surface area contributed by atoms with Gasteiger partial charge in [-0.2, -0.15) is 0 Å². The fourth-order valence-electron chi connectivity index (χ4n) is 3.18. The lowest BCUT2D eigenvalue weighted by Crippen LogP contribution is -2.36. The maximum absolute atomic E-state index is 12.3. The monoisotopic (exact) mass is 450 g/mol. The number of fused-ring (bicyclic) bond motifs is 1. The zero-order valence-electron chi connectivity index (χ0n) is 14.4. The molecule has 0 amide bonds. The van der Waals surface area contributed by atoms with E-state index in [1.165, 1.54) is 24.3 Å². The third-order valence-corrected chi connectivity index (χ3v) is 5.13. The molecule has 2 aliphatic rings. The molecule has 0 saturated carbocycles. The number of ether oxygens (including phenoxy) is 4. The summed E-state index contributed by atoms with van der Waals surface area (Å²) in [6, 6.07) is 8.77. The number of hydrogen-bond donors (Lipinski definition) is 0. The number of benzene rings is 1. The molecule has 3 heterocycles. The van der Waals surface area contributed by atoms with Crippen LogP contribution in [-0.2, 0) is 14.2 Å². The number of esters is 1. The summed E-state index contributed by atoms with van der Waals surface area (Å²) in [6.45, 7) is 0.477. The number of non-ortho nitro benzene ring substituents is 1. The van der Waals surface area contributed by atoms with Crippen LogP contribution in [0.5, 0.6) is 5.75 Å². The van der Waals surface area contributed by atoms with E-state index in [-0.39, 0.29) is 30.1 Å². The predicted molar refractivity (Wildman–Crippen MR) is 98.1 cm³/mol. The number of nitro groups is 1. The Balaban J connectivity index is 1.38. The Morgan fingerprint density at radius 3 is 2.50 bits per heavy atom. The Labute approximate surface area is 167 Å². The van der Waals surface area contributed by atoms with Gasteiger partial charge in [0.25, 0.3) is 5.69 Å². The molecule has 0 aliphatic carbocycles. The summed E-state index contributed by atoms with van der Waals surface area (Å²) >= 11 is 3.33. The fourth-order valence-corrected chi connectivity index (χ4v) is 3.52. The van der Waals surface area contributed by atoms with Crippen molar-refractivity contribution in [2.75, 3.05) is 13.2 Å². The zero-order chi connectivity index (χ0) is 19.7. The second kappa shape index (κ2) is 7.82. The molecular formula is C18H15BrN2O7. The number of nitrogens with zero attached hydrogens (tertiary/aromatic N) is 2. The lowest BCUT2D eigenvalue weighted by molar-refractivity contribution is -0.384. The average molecular weight is 451 g/mol. The molecule has 2 aliphatic heterocycles. The number of carbonyl (C=O) groups excluding carboxylic acids is 1. The molecule has 1 aromatic heterocycles. The number of nitro benzene ring substituents is 1. The van der Waals surface area contributed by atoms with E-state index in [4.69, 9.17) is 18.9 Å². The van der Waals surface area contributed by atoms with Gasteiger partial charge in [-0.3, -0.25) is 10.1 Å². The minimum atomic E-state index is -0.591. The van der Waals surface area contributed by atoms with Gasteiger partial charge < -0.3 is 18.9 Å². The van der Waals surface area contributed by atoms with Gasteiger partial charge in [-0.1, -0.05) is 0 Å². The van der Waals surface area contributed by atoms with Crippen LogP contribution < -0.4 is 4.74 Å². The first-order valence-electron chi connectivity index (χ1n) is 8.49. The molecule has 0 N–H and O–H groups in total. The van der Waals surface area contributed by atoms with E-state index in [9.17, 15) is 14.9 Å². The number of halogens is 1. The van der Waals surface area contributed by atoms with Crippen LogP contribution in [-0.4, -0.2) is 53.5 Å². The molecule has 2 fully saturated rings. The van der Waals surface area contributed by atoms with Gasteiger partial charge in [0.15, 0.2) is 18.0 Å². The van der Waals surface area contributed by atoms with Crippen molar-refractivity contribution in [2.45, 2.75) is 24.4 Å². The Bertz CT molecular complexity index is 892. The lowest BCUT2D eigenvalue weighted by Gasteiger charge is -2.18. The molecule has 2 aromatic rings. The molecule has 10 heteroatoms. The summed E-state index contributed by atoms with van der Waals surface area (Å²) in [5, 5.41) is 10.7. The molecular weight excluding hydrogens is 436 g/mol. The maximum Gasteiger partial charge on any atom is 0.338 e. The van der Waals surface area contributed by atoms with E-state index >= 15 is 0 Å². The first-order chi connectivity index (χ1) is 13.5. The Hall–Kier alpha value is -2.56. The van der Waals surface area contributed by atoms with E-state index in [0.717, 1.165) is 0 Å². The quantitative estimate of drug-likeness (QED) is 0.295. The van der Waals surface area contributed by atoms with Gasteiger partial charge in [-0.15, -0.1) is 0 Å². The van der Waals surface area contributed by atoms with E-state index < -0.39 is 23.1 Å². The van der Waals surface area contributed by atoms with E-state index in [2.05, 4.69) is 20.9 Å². The fraction of sp³-hybridized carbons (Fsp3) is 0.333. The van der Waals surface area contributed by atoms with Crippen molar-refractivity contribution in [3.05, 3.63) is 62.9 Å². The van der Waals surface area contributed by atoms with Gasteiger partial charge >= 0.3 is 5.97 Å². The highest BCUT2D eigenvalue weighted by atomic mass is 79.9. The van der Waals surface area contributed by atoms with Crippen LogP contribution >= 0.6 is 15.9 Å². The van der Waals surface area contributed by atoms with Gasteiger partial charge in [0.05, 0.1) is 23.7 Å². The molecule has 0 radical (unpaired) electrons. The van der Waals surface area contributed by atoms with Crippen LogP contribution in [0, 0.1) is 10.1 Å². The minimum Gasteiger partial charge on any atom is -0.482 e. The largest absolute Gasteiger partial charge is 0.482 e. The summed E-state index contributed by atoms with van der Waals surface area (Å²) in [6.07, 6.45) is -0.110. The van der Waals surface area contributed by atoms with E-state index in [0.29, 0.717) is 17.0 Å². The molecule has 4 atom stereocenters. The van der Waals surface area contributed by atoms with Crippen LogP contribution in [0.25, 0.3) is 0 Å². The van der Waals surface area contributed by atoms with E-state index in [1.807, 2.05) is 0 Å². The van der Waals surface area contributed by atoms with Gasteiger partial charge in [0.1, 0.15) is 16.8 Å². The lowest BCUT2D eigenvalue weighted by atomic mass is 10.1. The van der Waals surface area contributed by atoms with Crippen molar-refractivity contribution >= 4 is 27.6 Å². The molecule has 0 spiro atoms. The molecule has 0 unspecified atom stereocenters. The topological polar surface area (TPSA) is 110 Å². The molecule has 1 aromatic carbocycles. The van der Waals surface area contributed by atoms with Crippen molar-refractivity contribution in [3.8, 4) is 5.75 Å².